The molecule has 0 saturated carbocycles. The molecule has 0 fully saturated rings. The molecule has 0 aliphatic heterocycles. The molecule has 0 saturated heterocycles. The van der Waals surface area contributed by atoms with Gasteiger partial charge in [-0.25, -0.2) is 0 Å². The predicted octanol–water partition coefficient (Wildman–Crippen LogP) is 4.45. The van der Waals surface area contributed by atoms with Crippen LogP contribution >= 0.6 is 0 Å². The Morgan fingerprint density at radius 3 is 2.40 bits per heavy atom. The van der Waals surface area contributed by atoms with E-state index in [0.717, 1.165) is 50.8 Å². The van der Waals surface area contributed by atoms with Crippen molar-refractivity contribution in [2.45, 2.75) is 86.6 Å². The van der Waals surface area contributed by atoms with Crippen molar-refractivity contribution in [1.82, 2.24) is 15.0 Å². The summed E-state index contributed by atoms with van der Waals surface area (Å²) in [6.07, 6.45) is 8.57. The number of ether oxygens (including phenoxy) is 1. The molecule has 144 valence electrons. The highest BCUT2D eigenvalue weighted by molar-refractivity contribution is 5.84. The molecule has 1 aromatic heterocycles. The zero-order valence-electron chi connectivity index (χ0n) is 17.1. The van der Waals surface area contributed by atoms with Crippen molar-refractivity contribution in [1.29, 1.82) is 0 Å². The van der Waals surface area contributed by atoms with Crippen molar-refractivity contribution < 1.29 is 9.53 Å². The molecule has 0 bridgehead atoms. The van der Waals surface area contributed by atoms with E-state index in [9.17, 15) is 4.79 Å². The SMILES string of the molecule is CC(C)(C)CCc1cn(CCCCCCOCC(=O)C(C)(C)C)nn1. The van der Waals surface area contributed by atoms with Gasteiger partial charge in [-0.05, 0) is 31.1 Å². The van der Waals surface area contributed by atoms with E-state index in [1.165, 1.54) is 0 Å². The molecule has 1 aromatic rings. The summed E-state index contributed by atoms with van der Waals surface area (Å²) in [6, 6.07) is 0. The monoisotopic (exact) mass is 351 g/mol. The van der Waals surface area contributed by atoms with Gasteiger partial charge in [-0.1, -0.05) is 59.6 Å². The number of unbranched alkanes of at least 4 members (excludes halogenated alkanes) is 3. The van der Waals surface area contributed by atoms with Crippen LogP contribution in [0.25, 0.3) is 0 Å². The molecular formula is C20H37N3O2. The summed E-state index contributed by atoms with van der Waals surface area (Å²) in [5, 5.41) is 8.47. The maximum Gasteiger partial charge on any atom is 0.163 e. The Bertz CT molecular complexity index is 510. The van der Waals surface area contributed by atoms with Gasteiger partial charge in [0.25, 0.3) is 0 Å². The van der Waals surface area contributed by atoms with Crippen LogP contribution in [0.2, 0.25) is 0 Å². The van der Waals surface area contributed by atoms with Gasteiger partial charge in [-0.3, -0.25) is 9.48 Å². The summed E-state index contributed by atoms with van der Waals surface area (Å²) in [7, 11) is 0. The third kappa shape index (κ3) is 10.4. The number of Topliss-reactive ketones (excluding diaryl/α,β-unsaturated/α-hetero) is 1. The average Bonchev–Trinajstić information content (AvgIpc) is 2.94. The largest absolute Gasteiger partial charge is 0.374 e. The zero-order valence-corrected chi connectivity index (χ0v) is 17.1. The second-order valence-electron chi connectivity index (χ2n) is 9.17. The van der Waals surface area contributed by atoms with E-state index >= 15 is 0 Å². The van der Waals surface area contributed by atoms with E-state index in [0.29, 0.717) is 12.0 Å². The van der Waals surface area contributed by atoms with E-state index in [4.69, 9.17) is 4.74 Å². The van der Waals surface area contributed by atoms with Gasteiger partial charge in [0.2, 0.25) is 0 Å². The van der Waals surface area contributed by atoms with E-state index in [2.05, 4.69) is 37.3 Å². The first-order chi connectivity index (χ1) is 11.6. The van der Waals surface area contributed by atoms with E-state index in [-0.39, 0.29) is 17.8 Å². The minimum absolute atomic E-state index is 0.168. The van der Waals surface area contributed by atoms with Gasteiger partial charge >= 0.3 is 0 Å². The fourth-order valence-electron chi connectivity index (χ4n) is 2.28. The van der Waals surface area contributed by atoms with Crippen molar-refractivity contribution >= 4 is 5.78 Å². The second-order valence-corrected chi connectivity index (χ2v) is 9.17. The third-order valence-electron chi connectivity index (χ3n) is 4.21. The quantitative estimate of drug-likeness (QED) is 0.553. The fourth-order valence-corrected chi connectivity index (χ4v) is 2.28. The van der Waals surface area contributed by atoms with Crippen LogP contribution in [0.3, 0.4) is 0 Å². The van der Waals surface area contributed by atoms with Crippen LogP contribution in [0, 0.1) is 10.8 Å². The van der Waals surface area contributed by atoms with Gasteiger partial charge < -0.3 is 4.74 Å². The van der Waals surface area contributed by atoms with Crippen LogP contribution in [0.4, 0.5) is 0 Å². The first kappa shape index (κ1) is 21.8. The van der Waals surface area contributed by atoms with Crippen LogP contribution in [-0.2, 0) is 22.5 Å². The lowest BCUT2D eigenvalue weighted by Gasteiger charge is -2.16. The van der Waals surface area contributed by atoms with Crippen molar-refractivity contribution in [2.24, 2.45) is 10.8 Å². The van der Waals surface area contributed by atoms with Gasteiger partial charge in [0.1, 0.15) is 6.61 Å². The summed E-state index contributed by atoms with van der Waals surface area (Å²) < 4.78 is 7.42. The molecule has 1 heterocycles. The molecule has 0 aliphatic rings. The van der Waals surface area contributed by atoms with Crippen molar-refractivity contribution in [3.05, 3.63) is 11.9 Å². The van der Waals surface area contributed by atoms with Crippen LogP contribution < -0.4 is 0 Å². The zero-order chi connectivity index (χ0) is 18.9. The second kappa shape index (κ2) is 10.0. The number of ketones is 1. The molecule has 0 amide bonds. The highest BCUT2D eigenvalue weighted by atomic mass is 16.5. The minimum atomic E-state index is -0.302. The lowest BCUT2D eigenvalue weighted by Crippen LogP contribution is -2.25. The Balaban J connectivity index is 2.05. The van der Waals surface area contributed by atoms with Gasteiger partial charge in [0, 0.05) is 24.8 Å². The molecular weight excluding hydrogens is 314 g/mol. The van der Waals surface area contributed by atoms with Gasteiger partial charge in [-0.2, -0.15) is 0 Å². The summed E-state index contributed by atoms with van der Waals surface area (Å²) in [5.74, 6) is 0.168. The van der Waals surface area contributed by atoms with Crippen molar-refractivity contribution in [3.8, 4) is 0 Å². The standard InChI is InChI=1S/C20H37N3O2/c1-19(2,3)12-11-17-15-23(22-21-17)13-9-7-8-10-14-25-16-18(24)20(4,5)6/h15H,7-14,16H2,1-6H3. The Morgan fingerprint density at radius 1 is 1.08 bits per heavy atom. The van der Waals surface area contributed by atoms with Crippen LogP contribution in [0.5, 0.6) is 0 Å². The maximum absolute atomic E-state index is 11.7. The van der Waals surface area contributed by atoms with E-state index in [1.54, 1.807) is 0 Å². The van der Waals surface area contributed by atoms with Gasteiger partial charge in [0.15, 0.2) is 5.78 Å². The smallest absolute Gasteiger partial charge is 0.163 e. The number of carbonyl (C=O) groups is 1. The lowest BCUT2D eigenvalue weighted by atomic mass is 9.90. The first-order valence-corrected chi connectivity index (χ1v) is 9.58. The molecule has 25 heavy (non-hydrogen) atoms. The Labute approximate surface area is 153 Å². The summed E-state index contributed by atoms with van der Waals surface area (Å²) in [5.41, 5.74) is 1.12. The average molecular weight is 352 g/mol. The number of aromatic nitrogens is 3. The maximum atomic E-state index is 11.7. The molecule has 0 radical (unpaired) electrons. The van der Waals surface area contributed by atoms with Gasteiger partial charge in [-0.15, -0.1) is 5.10 Å². The summed E-state index contributed by atoms with van der Waals surface area (Å²) in [4.78, 5) is 11.7. The molecule has 1 rings (SSSR count). The van der Waals surface area contributed by atoms with Crippen molar-refractivity contribution in [2.75, 3.05) is 13.2 Å². The van der Waals surface area contributed by atoms with Crippen LogP contribution in [0.15, 0.2) is 6.20 Å². The molecule has 0 unspecified atom stereocenters. The number of rotatable bonds is 11. The third-order valence-corrected chi connectivity index (χ3v) is 4.21. The van der Waals surface area contributed by atoms with Gasteiger partial charge in [0.05, 0.1) is 5.69 Å². The fraction of sp³-hybridized carbons (Fsp3) is 0.850. The van der Waals surface area contributed by atoms with Crippen LogP contribution in [0.1, 0.15) is 79.3 Å². The lowest BCUT2D eigenvalue weighted by molar-refractivity contribution is -0.131. The number of hydrogen-bond acceptors (Lipinski definition) is 4. The van der Waals surface area contributed by atoms with Crippen molar-refractivity contribution in [3.63, 3.8) is 0 Å². The van der Waals surface area contributed by atoms with E-state index in [1.807, 2.05) is 25.5 Å². The molecule has 5 heteroatoms. The number of nitrogens with zero attached hydrogens (tertiary/aromatic N) is 3. The molecule has 0 N–H and O–H groups in total. The summed E-state index contributed by atoms with van der Waals surface area (Å²) in [6.45, 7) is 14.4. The Hall–Kier alpha value is -1.23. The number of hydrogen-bond donors (Lipinski definition) is 0. The molecule has 0 atom stereocenters. The normalized spacial score (nSPS) is 12.6. The van der Waals surface area contributed by atoms with E-state index < -0.39 is 0 Å². The number of aryl methyl sites for hydroxylation is 2. The molecule has 0 aromatic carbocycles. The highest BCUT2D eigenvalue weighted by Gasteiger charge is 2.20. The van der Waals surface area contributed by atoms with Crippen LogP contribution in [-0.4, -0.2) is 34.0 Å². The topological polar surface area (TPSA) is 57.0 Å². The first-order valence-electron chi connectivity index (χ1n) is 9.58. The summed E-state index contributed by atoms with van der Waals surface area (Å²) >= 11 is 0. The Morgan fingerprint density at radius 2 is 1.76 bits per heavy atom. The number of carbonyl (C=O) groups excluding carboxylic acids is 1. The Kier molecular flexibility index (Phi) is 8.77. The molecule has 5 nitrogen and oxygen atoms in total. The highest BCUT2D eigenvalue weighted by Crippen LogP contribution is 2.20. The predicted molar refractivity (Wildman–Crippen MR) is 102 cm³/mol. The molecule has 0 aliphatic carbocycles. The molecule has 0 spiro atoms. The minimum Gasteiger partial charge on any atom is -0.374 e.